The van der Waals surface area contributed by atoms with Gasteiger partial charge in [-0.3, -0.25) is 0 Å². The number of nitrogens with zero attached hydrogens (tertiary/aromatic N) is 1. The third-order valence-electron chi connectivity index (χ3n) is 4.66. The normalized spacial score (nSPS) is 26.8. The molecule has 2 nitrogen and oxygen atoms in total. The Morgan fingerprint density at radius 1 is 1.29 bits per heavy atom. The van der Waals surface area contributed by atoms with Crippen LogP contribution in [0.5, 0.6) is 0 Å². The average Bonchev–Trinajstić information content (AvgIpc) is 2.69. The van der Waals surface area contributed by atoms with Crippen molar-refractivity contribution in [2.75, 3.05) is 0 Å². The van der Waals surface area contributed by atoms with Crippen LogP contribution in [0.3, 0.4) is 0 Å². The summed E-state index contributed by atoms with van der Waals surface area (Å²) in [6, 6.07) is 0.507. The second-order valence-corrected chi connectivity index (χ2v) is 8.84. The van der Waals surface area contributed by atoms with E-state index in [1.807, 2.05) is 11.3 Å². The lowest BCUT2D eigenvalue weighted by Crippen LogP contribution is -2.49. The van der Waals surface area contributed by atoms with E-state index >= 15 is 0 Å². The van der Waals surface area contributed by atoms with Crippen LogP contribution in [-0.2, 0) is 5.54 Å². The second kappa shape index (κ2) is 6.78. The number of hydrogen-bond donors (Lipinski definition) is 1. The van der Waals surface area contributed by atoms with Crippen molar-refractivity contribution < 1.29 is 0 Å². The summed E-state index contributed by atoms with van der Waals surface area (Å²) in [5, 5.41) is 5.24. The zero-order valence-corrected chi connectivity index (χ0v) is 15.4. The first-order valence-corrected chi connectivity index (χ1v) is 9.36. The summed E-state index contributed by atoms with van der Waals surface area (Å²) in [4.78, 5) is 6.30. The van der Waals surface area contributed by atoms with Gasteiger partial charge in [0.1, 0.15) is 5.01 Å². The molecule has 1 aromatic heterocycles. The summed E-state index contributed by atoms with van der Waals surface area (Å²) in [6.45, 7) is 13.6. The van der Waals surface area contributed by atoms with Crippen molar-refractivity contribution in [1.82, 2.24) is 10.3 Å². The Bertz CT molecular complexity index is 444. The Morgan fingerprint density at radius 2 is 2.00 bits per heavy atom. The topological polar surface area (TPSA) is 24.9 Å². The van der Waals surface area contributed by atoms with Crippen LogP contribution in [0, 0.1) is 25.7 Å². The minimum atomic E-state index is 0.121. The number of thiazole rings is 1. The van der Waals surface area contributed by atoms with Gasteiger partial charge in [0.25, 0.3) is 0 Å². The summed E-state index contributed by atoms with van der Waals surface area (Å²) in [6.07, 6.45) is 6.57. The summed E-state index contributed by atoms with van der Waals surface area (Å²) in [5.74, 6) is 1.64. The minimum absolute atomic E-state index is 0.121. The maximum atomic E-state index is 4.93. The Morgan fingerprint density at radius 3 is 2.52 bits per heavy atom. The molecular formula is C18H32N2S. The van der Waals surface area contributed by atoms with E-state index in [2.05, 4.69) is 46.9 Å². The first-order chi connectivity index (χ1) is 9.82. The zero-order valence-electron chi connectivity index (χ0n) is 14.6. The molecule has 2 atom stereocenters. The molecule has 0 bridgehead atoms. The fourth-order valence-corrected chi connectivity index (χ4v) is 4.98. The predicted molar refractivity (Wildman–Crippen MR) is 93.0 cm³/mol. The molecule has 1 heterocycles. The highest BCUT2D eigenvalue weighted by atomic mass is 32.1. The molecule has 1 saturated carbocycles. The van der Waals surface area contributed by atoms with Crippen LogP contribution in [0.25, 0.3) is 0 Å². The number of hydrogen-bond acceptors (Lipinski definition) is 3. The highest BCUT2D eigenvalue weighted by Gasteiger charge is 2.40. The van der Waals surface area contributed by atoms with E-state index in [-0.39, 0.29) is 5.54 Å². The molecule has 0 radical (unpaired) electrons. The van der Waals surface area contributed by atoms with Gasteiger partial charge in [-0.1, -0.05) is 26.7 Å². The van der Waals surface area contributed by atoms with Gasteiger partial charge in [-0.15, -0.1) is 11.3 Å². The molecule has 0 amide bonds. The van der Waals surface area contributed by atoms with E-state index in [0.717, 1.165) is 11.8 Å². The van der Waals surface area contributed by atoms with Gasteiger partial charge in [-0.2, -0.15) is 0 Å². The fourth-order valence-electron chi connectivity index (χ4n) is 3.87. The van der Waals surface area contributed by atoms with Gasteiger partial charge in [0.15, 0.2) is 0 Å². The molecule has 120 valence electrons. The lowest BCUT2D eigenvalue weighted by Gasteiger charge is -2.42. The molecule has 1 aliphatic rings. The van der Waals surface area contributed by atoms with E-state index in [0.29, 0.717) is 6.04 Å². The van der Waals surface area contributed by atoms with Gasteiger partial charge in [-0.25, -0.2) is 4.98 Å². The van der Waals surface area contributed by atoms with Crippen molar-refractivity contribution in [2.45, 2.75) is 85.2 Å². The first-order valence-electron chi connectivity index (χ1n) is 8.54. The van der Waals surface area contributed by atoms with Crippen molar-refractivity contribution >= 4 is 11.3 Å². The lowest BCUT2D eigenvalue weighted by molar-refractivity contribution is 0.151. The van der Waals surface area contributed by atoms with Crippen molar-refractivity contribution in [1.29, 1.82) is 0 Å². The van der Waals surface area contributed by atoms with Crippen LogP contribution in [0.15, 0.2) is 0 Å². The van der Waals surface area contributed by atoms with E-state index in [9.17, 15) is 0 Å². The average molecular weight is 309 g/mol. The van der Waals surface area contributed by atoms with Gasteiger partial charge in [0, 0.05) is 10.9 Å². The van der Waals surface area contributed by atoms with Crippen LogP contribution >= 0.6 is 11.3 Å². The molecule has 0 saturated heterocycles. The smallest absolute Gasteiger partial charge is 0.113 e. The third-order valence-corrected chi connectivity index (χ3v) is 5.94. The number of aryl methyl sites for hydroxylation is 2. The molecule has 0 aliphatic heterocycles. The zero-order chi connectivity index (χ0) is 15.6. The van der Waals surface area contributed by atoms with Crippen LogP contribution in [-0.4, -0.2) is 11.0 Å². The van der Waals surface area contributed by atoms with Crippen LogP contribution in [0.4, 0.5) is 0 Å². The fraction of sp³-hybridized carbons (Fsp3) is 0.833. The van der Waals surface area contributed by atoms with Gasteiger partial charge in [-0.05, 0) is 58.8 Å². The molecule has 2 unspecified atom stereocenters. The molecule has 1 aliphatic carbocycles. The maximum absolute atomic E-state index is 4.93. The number of rotatable bonds is 5. The lowest BCUT2D eigenvalue weighted by atomic mass is 9.73. The van der Waals surface area contributed by atoms with Crippen molar-refractivity contribution in [3.05, 3.63) is 15.6 Å². The molecule has 0 spiro atoms. The molecule has 21 heavy (non-hydrogen) atoms. The van der Waals surface area contributed by atoms with Gasteiger partial charge in [0.05, 0.1) is 11.2 Å². The Hall–Kier alpha value is -0.410. The third kappa shape index (κ3) is 4.07. The standard InChI is InChI=1S/C18H32N2S/c1-12(2)10-16-8-7-9-18(11-16,20-13(3)4)17-19-14(5)15(6)21-17/h12-13,16,20H,7-11H2,1-6H3. The van der Waals surface area contributed by atoms with Crippen molar-refractivity contribution in [3.63, 3.8) is 0 Å². The van der Waals surface area contributed by atoms with Crippen LogP contribution in [0.2, 0.25) is 0 Å². The van der Waals surface area contributed by atoms with Gasteiger partial charge < -0.3 is 5.32 Å². The summed E-state index contributed by atoms with van der Waals surface area (Å²) < 4.78 is 0. The highest BCUT2D eigenvalue weighted by Crippen LogP contribution is 2.44. The molecule has 0 aromatic carbocycles. The first kappa shape index (κ1) is 17.0. The monoisotopic (exact) mass is 308 g/mol. The molecule has 1 aromatic rings. The molecule has 1 fully saturated rings. The molecule has 3 heteroatoms. The maximum Gasteiger partial charge on any atom is 0.113 e. The summed E-state index contributed by atoms with van der Waals surface area (Å²) >= 11 is 1.91. The SMILES string of the molecule is Cc1nc(C2(NC(C)C)CCCC(CC(C)C)C2)sc1C. The second-order valence-electron chi connectivity index (χ2n) is 7.63. The van der Waals surface area contributed by atoms with Crippen molar-refractivity contribution in [3.8, 4) is 0 Å². The number of aromatic nitrogens is 1. The quantitative estimate of drug-likeness (QED) is 0.809. The Kier molecular flexibility index (Phi) is 5.48. The van der Waals surface area contributed by atoms with Crippen LogP contribution in [0.1, 0.15) is 75.4 Å². The van der Waals surface area contributed by atoms with Gasteiger partial charge >= 0.3 is 0 Å². The van der Waals surface area contributed by atoms with E-state index in [4.69, 9.17) is 4.98 Å². The Balaban J connectivity index is 2.28. The minimum Gasteiger partial charge on any atom is -0.303 e. The van der Waals surface area contributed by atoms with Gasteiger partial charge in [0.2, 0.25) is 0 Å². The predicted octanol–water partition coefficient (Wildman–Crippen LogP) is 5.19. The van der Waals surface area contributed by atoms with E-state index in [1.165, 1.54) is 47.7 Å². The summed E-state index contributed by atoms with van der Waals surface area (Å²) in [5.41, 5.74) is 1.33. The molecular weight excluding hydrogens is 276 g/mol. The summed E-state index contributed by atoms with van der Waals surface area (Å²) in [7, 11) is 0. The van der Waals surface area contributed by atoms with E-state index < -0.39 is 0 Å². The largest absolute Gasteiger partial charge is 0.303 e. The molecule has 1 N–H and O–H groups in total. The molecule has 2 rings (SSSR count). The van der Waals surface area contributed by atoms with Crippen molar-refractivity contribution in [2.24, 2.45) is 11.8 Å². The Labute approximate surface area is 134 Å². The highest BCUT2D eigenvalue weighted by molar-refractivity contribution is 7.11. The number of nitrogens with one attached hydrogen (secondary N) is 1. The van der Waals surface area contributed by atoms with E-state index in [1.54, 1.807) is 0 Å². The van der Waals surface area contributed by atoms with Crippen LogP contribution < -0.4 is 5.32 Å².